The molecular weight excluding hydrogens is 434 g/mol. The number of ketones is 1. The monoisotopic (exact) mass is 450 g/mol. The molecule has 4 rings (SSSR count). The standard InChI is InChI=1S/C20H17ClF2N4O4/c21-14-8-12(9-25-16(14)31-13-2-1-7-24-10-13)15(28)11-27-17(29)19(26-18(27)30)3-5-20(22,23)6-4-19/h1-2,7-10H,3-6,11H2,(H,26,30). The van der Waals surface area contributed by atoms with Crippen LogP contribution in [0, 0.1) is 0 Å². The van der Waals surface area contributed by atoms with E-state index in [2.05, 4.69) is 15.3 Å². The number of nitrogens with one attached hydrogen (secondary N) is 1. The van der Waals surface area contributed by atoms with Crippen LogP contribution in [0.2, 0.25) is 5.02 Å². The summed E-state index contributed by atoms with van der Waals surface area (Å²) in [6.07, 6.45) is 2.90. The topological polar surface area (TPSA) is 101 Å². The third-order valence-electron chi connectivity index (χ3n) is 5.36. The molecule has 0 unspecified atom stereocenters. The van der Waals surface area contributed by atoms with Gasteiger partial charge in [0.15, 0.2) is 5.78 Å². The Morgan fingerprint density at radius 1 is 1.23 bits per heavy atom. The molecule has 1 spiro atoms. The van der Waals surface area contributed by atoms with Crippen LogP contribution in [0.1, 0.15) is 36.0 Å². The molecule has 1 aliphatic heterocycles. The van der Waals surface area contributed by atoms with Crippen molar-refractivity contribution in [3.05, 3.63) is 47.4 Å². The summed E-state index contributed by atoms with van der Waals surface area (Å²) in [7, 11) is 0. The first-order chi connectivity index (χ1) is 14.7. The van der Waals surface area contributed by atoms with Crippen molar-refractivity contribution in [2.45, 2.75) is 37.1 Å². The summed E-state index contributed by atoms with van der Waals surface area (Å²) >= 11 is 6.15. The van der Waals surface area contributed by atoms with E-state index >= 15 is 0 Å². The van der Waals surface area contributed by atoms with Crippen molar-refractivity contribution in [1.29, 1.82) is 0 Å². The molecule has 0 aromatic carbocycles. The minimum atomic E-state index is -2.86. The Bertz CT molecular complexity index is 1040. The van der Waals surface area contributed by atoms with Crippen LogP contribution in [-0.4, -0.2) is 50.6 Å². The average Bonchev–Trinajstić information content (AvgIpc) is 2.97. The molecule has 31 heavy (non-hydrogen) atoms. The Morgan fingerprint density at radius 2 is 1.97 bits per heavy atom. The highest BCUT2D eigenvalue weighted by Crippen LogP contribution is 2.41. The minimum Gasteiger partial charge on any atom is -0.436 e. The van der Waals surface area contributed by atoms with E-state index < -0.39 is 48.6 Å². The van der Waals surface area contributed by atoms with Crippen LogP contribution in [0.5, 0.6) is 11.6 Å². The van der Waals surface area contributed by atoms with Crippen molar-refractivity contribution in [3.63, 3.8) is 0 Å². The number of imide groups is 1. The molecule has 2 fully saturated rings. The lowest BCUT2D eigenvalue weighted by Crippen LogP contribution is -2.51. The summed E-state index contributed by atoms with van der Waals surface area (Å²) in [4.78, 5) is 46.4. The maximum absolute atomic E-state index is 13.5. The second-order valence-corrected chi connectivity index (χ2v) is 7.89. The van der Waals surface area contributed by atoms with Crippen molar-refractivity contribution >= 4 is 29.3 Å². The molecule has 2 aliphatic rings. The number of rotatable bonds is 5. The van der Waals surface area contributed by atoms with Gasteiger partial charge < -0.3 is 10.1 Å². The van der Waals surface area contributed by atoms with E-state index in [9.17, 15) is 23.2 Å². The predicted octanol–water partition coefficient (Wildman–Crippen LogP) is 3.60. The van der Waals surface area contributed by atoms with Crippen molar-refractivity contribution in [2.24, 2.45) is 0 Å². The summed E-state index contributed by atoms with van der Waals surface area (Å²) < 4.78 is 32.5. The summed E-state index contributed by atoms with van der Waals surface area (Å²) in [5.74, 6) is -3.65. The number of hydrogen-bond acceptors (Lipinski definition) is 6. The smallest absolute Gasteiger partial charge is 0.325 e. The first kappa shape index (κ1) is 21.1. The Labute approximate surface area is 180 Å². The second-order valence-electron chi connectivity index (χ2n) is 7.48. The zero-order chi connectivity index (χ0) is 22.2. The van der Waals surface area contributed by atoms with Crippen LogP contribution >= 0.6 is 11.6 Å². The van der Waals surface area contributed by atoms with Gasteiger partial charge >= 0.3 is 6.03 Å². The third-order valence-corrected chi connectivity index (χ3v) is 5.63. The van der Waals surface area contributed by atoms with E-state index in [1.54, 1.807) is 18.3 Å². The maximum Gasteiger partial charge on any atom is 0.325 e. The molecule has 1 aliphatic carbocycles. The molecule has 1 saturated carbocycles. The molecule has 1 N–H and O–H groups in total. The van der Waals surface area contributed by atoms with E-state index in [1.807, 2.05) is 0 Å². The summed E-state index contributed by atoms with van der Waals surface area (Å²) in [5, 5.41) is 2.55. The number of pyridine rings is 2. The Kier molecular flexibility index (Phi) is 5.34. The van der Waals surface area contributed by atoms with E-state index in [0.717, 1.165) is 4.90 Å². The molecule has 8 nitrogen and oxygen atoms in total. The van der Waals surface area contributed by atoms with Gasteiger partial charge in [0.2, 0.25) is 11.8 Å². The Morgan fingerprint density at radius 3 is 2.61 bits per heavy atom. The van der Waals surface area contributed by atoms with Gasteiger partial charge in [0.05, 0.1) is 12.7 Å². The third kappa shape index (κ3) is 4.20. The van der Waals surface area contributed by atoms with Gasteiger partial charge in [-0.05, 0) is 31.0 Å². The number of halogens is 3. The Balaban J connectivity index is 1.45. The SMILES string of the molecule is O=C(CN1C(=O)NC2(CCC(F)(F)CC2)C1=O)c1cnc(Oc2cccnc2)c(Cl)c1. The number of amides is 3. The zero-order valence-corrected chi connectivity index (χ0v) is 16.9. The maximum atomic E-state index is 13.5. The van der Waals surface area contributed by atoms with Crippen molar-refractivity contribution in [1.82, 2.24) is 20.2 Å². The second kappa shape index (κ2) is 7.84. The van der Waals surface area contributed by atoms with Crippen LogP contribution < -0.4 is 10.1 Å². The lowest BCUT2D eigenvalue weighted by molar-refractivity contribution is -0.135. The van der Waals surface area contributed by atoms with Crippen LogP contribution in [0.15, 0.2) is 36.8 Å². The van der Waals surface area contributed by atoms with Crippen molar-refractivity contribution in [2.75, 3.05) is 6.54 Å². The first-order valence-electron chi connectivity index (χ1n) is 9.48. The molecule has 0 radical (unpaired) electrons. The lowest BCUT2D eigenvalue weighted by Gasteiger charge is -2.34. The largest absolute Gasteiger partial charge is 0.436 e. The van der Waals surface area contributed by atoms with Gasteiger partial charge in [-0.1, -0.05) is 11.6 Å². The number of Topliss-reactive ketones (excluding diaryl/α,β-unsaturated/α-hetero) is 1. The van der Waals surface area contributed by atoms with Gasteiger partial charge in [-0.3, -0.25) is 19.5 Å². The fourth-order valence-corrected chi connectivity index (χ4v) is 3.81. The molecule has 2 aromatic rings. The molecule has 0 bridgehead atoms. The van der Waals surface area contributed by atoms with Crippen molar-refractivity contribution in [3.8, 4) is 11.6 Å². The highest BCUT2D eigenvalue weighted by Gasteiger charge is 2.55. The van der Waals surface area contributed by atoms with Gasteiger partial charge in [0, 0.05) is 30.8 Å². The van der Waals surface area contributed by atoms with Crippen molar-refractivity contribution < 1.29 is 27.9 Å². The quantitative estimate of drug-likeness (QED) is 0.551. The molecule has 2 aromatic heterocycles. The lowest BCUT2D eigenvalue weighted by atomic mass is 9.80. The number of nitrogens with zero attached hydrogens (tertiary/aromatic N) is 3. The van der Waals surface area contributed by atoms with Gasteiger partial charge in [0.25, 0.3) is 5.91 Å². The molecule has 0 atom stereocenters. The van der Waals surface area contributed by atoms with Crippen LogP contribution in [0.25, 0.3) is 0 Å². The molecule has 1 saturated heterocycles. The average molecular weight is 451 g/mol. The highest BCUT2D eigenvalue weighted by molar-refractivity contribution is 6.32. The van der Waals surface area contributed by atoms with E-state index in [4.69, 9.17) is 16.3 Å². The van der Waals surface area contributed by atoms with Gasteiger partial charge in [-0.15, -0.1) is 0 Å². The minimum absolute atomic E-state index is 0.0536. The zero-order valence-electron chi connectivity index (χ0n) is 16.1. The van der Waals surface area contributed by atoms with E-state index in [1.165, 1.54) is 18.5 Å². The molecule has 162 valence electrons. The summed E-state index contributed by atoms with van der Waals surface area (Å²) in [5.41, 5.74) is -1.31. The molecule has 3 amide bonds. The number of carbonyl (C=O) groups is 3. The summed E-state index contributed by atoms with van der Waals surface area (Å²) in [6.45, 7) is -0.552. The number of alkyl halides is 2. The molecule has 11 heteroatoms. The number of ether oxygens (including phenoxy) is 1. The van der Waals surface area contributed by atoms with E-state index in [0.29, 0.717) is 5.75 Å². The highest BCUT2D eigenvalue weighted by atomic mass is 35.5. The van der Waals surface area contributed by atoms with Gasteiger partial charge in [-0.25, -0.2) is 18.6 Å². The number of aromatic nitrogens is 2. The predicted molar refractivity (Wildman–Crippen MR) is 104 cm³/mol. The number of urea groups is 1. The number of carbonyl (C=O) groups excluding carboxylic acids is 3. The molecular formula is C20H17ClF2N4O4. The first-order valence-corrected chi connectivity index (χ1v) is 9.85. The van der Waals surface area contributed by atoms with Crippen LogP contribution in [0.3, 0.4) is 0 Å². The molecule has 3 heterocycles. The van der Waals surface area contributed by atoms with Gasteiger partial charge in [0.1, 0.15) is 16.3 Å². The fourth-order valence-electron chi connectivity index (χ4n) is 3.61. The summed E-state index contributed by atoms with van der Waals surface area (Å²) in [6, 6.07) is 3.86. The Hall–Kier alpha value is -3.14. The normalized spacial score (nSPS) is 19.4. The van der Waals surface area contributed by atoms with E-state index in [-0.39, 0.29) is 29.3 Å². The van der Waals surface area contributed by atoms with Crippen LogP contribution in [0.4, 0.5) is 13.6 Å². The van der Waals surface area contributed by atoms with Crippen LogP contribution in [-0.2, 0) is 4.79 Å². The number of hydrogen-bond donors (Lipinski definition) is 1. The fraction of sp³-hybridized carbons (Fsp3) is 0.350. The van der Waals surface area contributed by atoms with Gasteiger partial charge in [-0.2, -0.15) is 0 Å².